The number of ether oxygens (including phenoxy) is 2. The fourth-order valence-electron chi connectivity index (χ4n) is 5.96. The third-order valence-electron chi connectivity index (χ3n) is 7.90. The highest BCUT2D eigenvalue weighted by Crippen LogP contribution is 2.46. The van der Waals surface area contributed by atoms with E-state index in [-0.39, 0.29) is 24.4 Å². The zero-order valence-electron chi connectivity index (χ0n) is 19.1. The van der Waals surface area contributed by atoms with Crippen molar-refractivity contribution in [1.82, 2.24) is 0 Å². The number of benzene rings is 2. The highest BCUT2D eigenvalue weighted by molar-refractivity contribution is 5.37. The lowest BCUT2D eigenvalue weighted by atomic mass is 9.87. The molecular formula is C28H36O4. The fraction of sp³-hybridized carbons (Fsp3) is 0.571. The quantitative estimate of drug-likeness (QED) is 0.694. The SMILES string of the molecule is Cc1ccc(C2CC(O)CC(CO)O2)cc1Cc1ccc(C2COC3(CCCC3)C2)cc1. The van der Waals surface area contributed by atoms with Gasteiger partial charge < -0.3 is 19.7 Å². The van der Waals surface area contributed by atoms with Gasteiger partial charge in [0.1, 0.15) is 0 Å². The van der Waals surface area contributed by atoms with E-state index >= 15 is 0 Å². The highest BCUT2D eigenvalue weighted by atomic mass is 16.5. The molecule has 5 rings (SSSR count). The Labute approximate surface area is 191 Å². The Morgan fingerprint density at radius 1 is 1.00 bits per heavy atom. The first kappa shape index (κ1) is 22.1. The van der Waals surface area contributed by atoms with Crippen LogP contribution in [0.4, 0.5) is 0 Å². The van der Waals surface area contributed by atoms with Gasteiger partial charge in [0, 0.05) is 18.8 Å². The molecule has 32 heavy (non-hydrogen) atoms. The minimum Gasteiger partial charge on any atom is -0.394 e. The van der Waals surface area contributed by atoms with Gasteiger partial charge in [-0.2, -0.15) is 0 Å². The Balaban J connectivity index is 1.27. The minimum absolute atomic E-state index is 0.0498. The predicted octanol–water partition coefficient (Wildman–Crippen LogP) is 4.98. The molecule has 1 spiro atoms. The van der Waals surface area contributed by atoms with Crippen LogP contribution in [-0.4, -0.2) is 41.2 Å². The predicted molar refractivity (Wildman–Crippen MR) is 125 cm³/mol. The van der Waals surface area contributed by atoms with Crippen LogP contribution in [0, 0.1) is 6.92 Å². The van der Waals surface area contributed by atoms with Crippen LogP contribution in [0.2, 0.25) is 0 Å². The van der Waals surface area contributed by atoms with Gasteiger partial charge in [0.15, 0.2) is 0 Å². The van der Waals surface area contributed by atoms with Crippen LogP contribution >= 0.6 is 0 Å². The molecule has 4 heteroatoms. The largest absolute Gasteiger partial charge is 0.394 e. The monoisotopic (exact) mass is 436 g/mol. The van der Waals surface area contributed by atoms with Crippen molar-refractivity contribution in [2.75, 3.05) is 13.2 Å². The van der Waals surface area contributed by atoms with E-state index in [1.54, 1.807) is 0 Å². The summed E-state index contributed by atoms with van der Waals surface area (Å²) in [6.45, 7) is 2.96. The van der Waals surface area contributed by atoms with Gasteiger partial charge in [0.25, 0.3) is 0 Å². The van der Waals surface area contributed by atoms with E-state index in [1.165, 1.54) is 54.4 Å². The van der Waals surface area contributed by atoms with Gasteiger partial charge in [0.05, 0.1) is 37.1 Å². The normalized spacial score (nSPS) is 29.6. The van der Waals surface area contributed by atoms with Gasteiger partial charge in [-0.05, 0) is 60.4 Å². The molecule has 2 aromatic carbocycles. The zero-order valence-corrected chi connectivity index (χ0v) is 19.1. The number of aryl methyl sites for hydroxylation is 1. The number of hydrogen-bond acceptors (Lipinski definition) is 4. The maximum atomic E-state index is 10.2. The van der Waals surface area contributed by atoms with Crippen LogP contribution in [0.3, 0.4) is 0 Å². The van der Waals surface area contributed by atoms with E-state index in [0.717, 1.165) is 18.6 Å². The third kappa shape index (κ3) is 4.65. The van der Waals surface area contributed by atoms with Crippen LogP contribution in [0.5, 0.6) is 0 Å². The molecular weight excluding hydrogens is 400 g/mol. The van der Waals surface area contributed by atoms with Crippen molar-refractivity contribution in [1.29, 1.82) is 0 Å². The molecule has 2 aromatic rings. The Hall–Kier alpha value is -1.72. The summed E-state index contributed by atoms with van der Waals surface area (Å²) in [5.41, 5.74) is 6.52. The molecule has 2 aliphatic heterocycles. The smallest absolute Gasteiger partial charge is 0.0854 e. The summed E-state index contributed by atoms with van der Waals surface area (Å²) in [6.07, 6.45) is 7.36. The van der Waals surface area contributed by atoms with E-state index < -0.39 is 6.10 Å². The van der Waals surface area contributed by atoms with Gasteiger partial charge in [-0.25, -0.2) is 0 Å². The lowest BCUT2D eigenvalue weighted by Crippen LogP contribution is -2.33. The second-order valence-electron chi connectivity index (χ2n) is 10.3. The Morgan fingerprint density at radius 3 is 2.50 bits per heavy atom. The molecule has 2 heterocycles. The van der Waals surface area contributed by atoms with Crippen LogP contribution in [-0.2, 0) is 15.9 Å². The summed E-state index contributed by atoms with van der Waals surface area (Å²) in [7, 11) is 0. The Morgan fingerprint density at radius 2 is 1.75 bits per heavy atom. The molecule has 0 aromatic heterocycles. The van der Waals surface area contributed by atoms with Gasteiger partial charge in [0.2, 0.25) is 0 Å². The molecule has 4 unspecified atom stereocenters. The molecule has 0 radical (unpaired) electrons. The Bertz CT molecular complexity index is 916. The molecule has 2 N–H and O–H groups in total. The molecule has 4 nitrogen and oxygen atoms in total. The van der Waals surface area contributed by atoms with E-state index in [4.69, 9.17) is 9.47 Å². The van der Waals surface area contributed by atoms with E-state index in [1.807, 2.05) is 0 Å². The lowest BCUT2D eigenvalue weighted by Gasteiger charge is -2.32. The maximum absolute atomic E-state index is 10.2. The third-order valence-corrected chi connectivity index (χ3v) is 7.90. The summed E-state index contributed by atoms with van der Waals surface area (Å²) < 4.78 is 12.3. The molecule has 0 bridgehead atoms. The first-order valence-electron chi connectivity index (χ1n) is 12.3. The molecule has 3 fully saturated rings. The van der Waals surface area contributed by atoms with Crippen LogP contribution in [0.25, 0.3) is 0 Å². The molecule has 4 atom stereocenters. The van der Waals surface area contributed by atoms with Crippen molar-refractivity contribution in [2.45, 2.75) is 88.1 Å². The summed E-state index contributed by atoms with van der Waals surface area (Å²) in [6, 6.07) is 15.6. The van der Waals surface area contributed by atoms with Crippen LogP contribution < -0.4 is 0 Å². The lowest BCUT2D eigenvalue weighted by molar-refractivity contribution is -0.113. The fourth-order valence-corrected chi connectivity index (χ4v) is 5.96. The summed E-state index contributed by atoms with van der Waals surface area (Å²) in [5.74, 6) is 0.529. The standard InChI is InChI=1S/C28H36O4/c1-19-4-7-22(27-15-25(30)14-26(17-29)32-27)13-23(19)12-20-5-8-21(9-6-20)24-16-28(31-18-24)10-2-3-11-28/h4-9,13,24-27,29-30H,2-3,10-12,14-18H2,1H3. The van der Waals surface area contributed by atoms with E-state index in [0.29, 0.717) is 18.8 Å². The average molecular weight is 437 g/mol. The van der Waals surface area contributed by atoms with Crippen molar-refractivity contribution < 1.29 is 19.7 Å². The molecule has 1 aliphatic carbocycles. The summed E-state index contributed by atoms with van der Waals surface area (Å²) in [4.78, 5) is 0. The Kier molecular flexibility index (Phi) is 6.39. The minimum atomic E-state index is -0.425. The van der Waals surface area contributed by atoms with Gasteiger partial charge in [-0.1, -0.05) is 55.3 Å². The van der Waals surface area contributed by atoms with Gasteiger partial charge in [-0.3, -0.25) is 0 Å². The van der Waals surface area contributed by atoms with Crippen molar-refractivity contribution >= 4 is 0 Å². The number of rotatable bonds is 5. The highest BCUT2D eigenvalue weighted by Gasteiger charge is 2.42. The van der Waals surface area contributed by atoms with E-state index in [9.17, 15) is 10.2 Å². The van der Waals surface area contributed by atoms with Crippen LogP contribution in [0.1, 0.15) is 84.8 Å². The van der Waals surface area contributed by atoms with Crippen molar-refractivity contribution in [2.24, 2.45) is 0 Å². The summed E-state index contributed by atoms with van der Waals surface area (Å²) >= 11 is 0. The number of aliphatic hydroxyl groups is 2. The van der Waals surface area contributed by atoms with E-state index in [2.05, 4.69) is 49.4 Å². The van der Waals surface area contributed by atoms with Crippen molar-refractivity contribution in [3.05, 3.63) is 70.3 Å². The molecule has 1 saturated carbocycles. The zero-order chi connectivity index (χ0) is 22.1. The average Bonchev–Trinajstić information content (AvgIpc) is 3.45. The number of hydrogen-bond donors (Lipinski definition) is 2. The first-order chi connectivity index (χ1) is 15.5. The molecule has 0 amide bonds. The molecule has 3 aliphatic rings. The number of aliphatic hydroxyl groups excluding tert-OH is 2. The maximum Gasteiger partial charge on any atom is 0.0854 e. The topological polar surface area (TPSA) is 58.9 Å². The second kappa shape index (κ2) is 9.26. The van der Waals surface area contributed by atoms with Gasteiger partial charge >= 0.3 is 0 Å². The molecule has 2 saturated heterocycles. The van der Waals surface area contributed by atoms with Crippen LogP contribution in [0.15, 0.2) is 42.5 Å². The van der Waals surface area contributed by atoms with Gasteiger partial charge in [-0.15, -0.1) is 0 Å². The molecule has 172 valence electrons. The first-order valence-corrected chi connectivity index (χ1v) is 12.3. The van der Waals surface area contributed by atoms with Crippen molar-refractivity contribution in [3.63, 3.8) is 0 Å². The van der Waals surface area contributed by atoms with Crippen molar-refractivity contribution in [3.8, 4) is 0 Å². The second-order valence-corrected chi connectivity index (χ2v) is 10.3. The summed E-state index contributed by atoms with van der Waals surface area (Å²) in [5, 5.41) is 19.7.